The summed E-state index contributed by atoms with van der Waals surface area (Å²) in [6.45, 7) is 3.28. The molecule has 0 saturated carbocycles. The SMILES string of the molecule is CNCC1CCN(C(=O)C2CCCCN2C(=O)c2cccs2)C1.Cl. The maximum atomic E-state index is 12.9. The Morgan fingerprint density at radius 1 is 1.29 bits per heavy atom. The number of piperidine rings is 1. The van der Waals surface area contributed by atoms with E-state index in [1.165, 1.54) is 11.3 Å². The predicted molar refractivity (Wildman–Crippen MR) is 98.9 cm³/mol. The molecule has 24 heavy (non-hydrogen) atoms. The van der Waals surface area contributed by atoms with Gasteiger partial charge in [0, 0.05) is 19.6 Å². The van der Waals surface area contributed by atoms with Crippen molar-refractivity contribution in [2.75, 3.05) is 33.2 Å². The van der Waals surface area contributed by atoms with Crippen LogP contribution in [0.5, 0.6) is 0 Å². The van der Waals surface area contributed by atoms with Crippen LogP contribution in [0.15, 0.2) is 17.5 Å². The fourth-order valence-corrected chi connectivity index (χ4v) is 4.35. The minimum atomic E-state index is -0.272. The molecule has 0 bridgehead atoms. The summed E-state index contributed by atoms with van der Waals surface area (Å²) < 4.78 is 0. The number of rotatable bonds is 4. The fourth-order valence-electron chi connectivity index (χ4n) is 3.67. The molecule has 0 radical (unpaired) electrons. The van der Waals surface area contributed by atoms with Crippen molar-refractivity contribution in [3.05, 3.63) is 22.4 Å². The molecular formula is C17H26ClN3O2S. The Morgan fingerprint density at radius 2 is 2.12 bits per heavy atom. The van der Waals surface area contributed by atoms with Gasteiger partial charge in [0.25, 0.3) is 5.91 Å². The molecule has 3 heterocycles. The van der Waals surface area contributed by atoms with Gasteiger partial charge in [-0.15, -0.1) is 23.7 Å². The van der Waals surface area contributed by atoms with Gasteiger partial charge in [-0.05, 0) is 56.6 Å². The molecular weight excluding hydrogens is 346 g/mol. The van der Waals surface area contributed by atoms with E-state index in [1.807, 2.05) is 34.4 Å². The zero-order valence-corrected chi connectivity index (χ0v) is 15.7. The van der Waals surface area contributed by atoms with Gasteiger partial charge >= 0.3 is 0 Å². The Hall–Kier alpha value is -1.11. The molecule has 2 amide bonds. The summed E-state index contributed by atoms with van der Waals surface area (Å²) in [5.74, 6) is 0.700. The van der Waals surface area contributed by atoms with Crippen molar-refractivity contribution in [1.82, 2.24) is 15.1 Å². The van der Waals surface area contributed by atoms with E-state index in [2.05, 4.69) is 5.32 Å². The van der Waals surface area contributed by atoms with Gasteiger partial charge in [-0.2, -0.15) is 0 Å². The predicted octanol–water partition coefficient (Wildman–Crippen LogP) is 2.23. The normalized spacial score (nSPS) is 23.9. The number of amides is 2. The Labute approximate surface area is 153 Å². The molecule has 2 fully saturated rings. The van der Waals surface area contributed by atoms with Gasteiger partial charge in [0.1, 0.15) is 6.04 Å². The minimum Gasteiger partial charge on any atom is -0.341 e. The second kappa shape index (κ2) is 8.83. The molecule has 2 atom stereocenters. The monoisotopic (exact) mass is 371 g/mol. The largest absolute Gasteiger partial charge is 0.341 e. The number of carbonyl (C=O) groups excluding carboxylic acids is 2. The van der Waals surface area contributed by atoms with Crippen molar-refractivity contribution in [3.8, 4) is 0 Å². The van der Waals surface area contributed by atoms with Crippen LogP contribution in [0, 0.1) is 5.92 Å². The summed E-state index contributed by atoms with van der Waals surface area (Å²) in [4.78, 5) is 30.2. The molecule has 0 aliphatic carbocycles. The third-order valence-electron chi connectivity index (χ3n) is 4.87. The second-order valence-corrected chi connectivity index (χ2v) is 7.43. The summed E-state index contributed by atoms with van der Waals surface area (Å²) in [5, 5.41) is 5.11. The summed E-state index contributed by atoms with van der Waals surface area (Å²) in [6.07, 6.45) is 3.86. The number of likely N-dealkylation sites (tertiary alicyclic amines) is 2. The van der Waals surface area contributed by atoms with Gasteiger partial charge in [-0.25, -0.2) is 0 Å². The van der Waals surface area contributed by atoms with Crippen LogP contribution in [-0.4, -0.2) is 60.9 Å². The van der Waals surface area contributed by atoms with Crippen molar-refractivity contribution in [3.63, 3.8) is 0 Å². The lowest BCUT2D eigenvalue weighted by atomic mass is 10.0. The van der Waals surface area contributed by atoms with E-state index >= 15 is 0 Å². The van der Waals surface area contributed by atoms with Crippen LogP contribution in [0.25, 0.3) is 0 Å². The highest BCUT2D eigenvalue weighted by atomic mass is 35.5. The van der Waals surface area contributed by atoms with Crippen LogP contribution in [0.3, 0.4) is 0 Å². The van der Waals surface area contributed by atoms with Gasteiger partial charge in [-0.1, -0.05) is 6.07 Å². The van der Waals surface area contributed by atoms with Crippen molar-refractivity contribution < 1.29 is 9.59 Å². The number of nitrogens with zero attached hydrogens (tertiary/aromatic N) is 2. The van der Waals surface area contributed by atoms with Crippen molar-refractivity contribution >= 4 is 35.6 Å². The third-order valence-corrected chi connectivity index (χ3v) is 5.73. The first-order chi connectivity index (χ1) is 11.2. The Morgan fingerprint density at radius 3 is 2.83 bits per heavy atom. The molecule has 1 aromatic rings. The smallest absolute Gasteiger partial charge is 0.264 e. The topological polar surface area (TPSA) is 52.7 Å². The molecule has 3 rings (SSSR count). The van der Waals surface area contributed by atoms with Gasteiger partial charge < -0.3 is 15.1 Å². The maximum Gasteiger partial charge on any atom is 0.264 e. The summed E-state index contributed by atoms with van der Waals surface area (Å²) in [7, 11) is 1.95. The number of hydrogen-bond acceptors (Lipinski definition) is 4. The number of carbonyl (C=O) groups is 2. The van der Waals surface area contributed by atoms with E-state index in [4.69, 9.17) is 0 Å². The van der Waals surface area contributed by atoms with E-state index in [-0.39, 0.29) is 30.3 Å². The lowest BCUT2D eigenvalue weighted by Gasteiger charge is -2.36. The summed E-state index contributed by atoms with van der Waals surface area (Å²) >= 11 is 1.45. The van der Waals surface area contributed by atoms with E-state index in [0.29, 0.717) is 12.5 Å². The fraction of sp³-hybridized carbons (Fsp3) is 0.647. The van der Waals surface area contributed by atoms with Gasteiger partial charge in [0.15, 0.2) is 0 Å². The van der Waals surface area contributed by atoms with Crippen LogP contribution in [0.2, 0.25) is 0 Å². The summed E-state index contributed by atoms with van der Waals surface area (Å²) in [6, 6.07) is 3.47. The molecule has 1 aromatic heterocycles. The first-order valence-electron chi connectivity index (χ1n) is 8.48. The van der Waals surface area contributed by atoms with E-state index < -0.39 is 0 Å². The molecule has 5 nitrogen and oxygen atoms in total. The van der Waals surface area contributed by atoms with Crippen LogP contribution < -0.4 is 5.32 Å². The standard InChI is InChI=1S/C17H25N3O2S.ClH/c1-18-11-13-7-9-19(12-13)16(21)14-5-2-3-8-20(14)17(22)15-6-4-10-23-15;/h4,6,10,13-14,18H,2-3,5,7-9,11-12H2,1H3;1H. The molecule has 7 heteroatoms. The average Bonchev–Trinajstić information content (AvgIpc) is 3.26. The molecule has 134 valence electrons. The molecule has 2 unspecified atom stereocenters. The molecule has 0 spiro atoms. The maximum absolute atomic E-state index is 12.9. The van der Waals surface area contributed by atoms with Crippen LogP contribution in [-0.2, 0) is 4.79 Å². The Bertz CT molecular complexity index is 552. The van der Waals surface area contributed by atoms with Crippen molar-refractivity contribution in [2.45, 2.75) is 31.7 Å². The van der Waals surface area contributed by atoms with Gasteiger partial charge in [-0.3, -0.25) is 9.59 Å². The zero-order chi connectivity index (χ0) is 16.2. The highest BCUT2D eigenvalue weighted by Gasteiger charge is 2.37. The lowest BCUT2D eigenvalue weighted by molar-refractivity contribution is -0.136. The molecule has 2 aliphatic heterocycles. The van der Waals surface area contributed by atoms with E-state index in [1.54, 1.807) is 0 Å². The molecule has 1 N–H and O–H groups in total. The van der Waals surface area contributed by atoms with E-state index in [9.17, 15) is 9.59 Å². The molecule has 2 aliphatic rings. The van der Waals surface area contributed by atoms with Gasteiger partial charge in [0.2, 0.25) is 5.91 Å². The highest BCUT2D eigenvalue weighted by molar-refractivity contribution is 7.12. The lowest BCUT2D eigenvalue weighted by Crippen LogP contribution is -2.52. The Kier molecular flexibility index (Phi) is 7.07. The number of thiophene rings is 1. The van der Waals surface area contributed by atoms with Crippen LogP contribution in [0.4, 0.5) is 0 Å². The first-order valence-corrected chi connectivity index (χ1v) is 9.36. The van der Waals surface area contributed by atoms with Crippen LogP contribution >= 0.6 is 23.7 Å². The number of hydrogen-bond donors (Lipinski definition) is 1. The summed E-state index contributed by atoms with van der Waals surface area (Å²) in [5.41, 5.74) is 0. The second-order valence-electron chi connectivity index (χ2n) is 6.48. The first kappa shape index (κ1) is 19.2. The molecule has 2 saturated heterocycles. The third kappa shape index (κ3) is 4.10. The van der Waals surface area contributed by atoms with Crippen molar-refractivity contribution in [2.24, 2.45) is 5.92 Å². The van der Waals surface area contributed by atoms with Crippen LogP contribution in [0.1, 0.15) is 35.4 Å². The van der Waals surface area contributed by atoms with Gasteiger partial charge in [0.05, 0.1) is 4.88 Å². The molecule has 0 aromatic carbocycles. The van der Waals surface area contributed by atoms with E-state index in [0.717, 1.165) is 50.2 Å². The minimum absolute atomic E-state index is 0. The highest BCUT2D eigenvalue weighted by Crippen LogP contribution is 2.25. The average molecular weight is 372 g/mol. The number of nitrogens with one attached hydrogen (secondary N) is 1. The Balaban J connectivity index is 0.00000208. The quantitative estimate of drug-likeness (QED) is 0.883. The van der Waals surface area contributed by atoms with Crippen molar-refractivity contribution in [1.29, 1.82) is 0 Å². The number of halogens is 1. The zero-order valence-electron chi connectivity index (χ0n) is 14.1.